The molecule has 2 aromatic carbocycles. The van der Waals surface area contributed by atoms with Crippen LogP contribution in [0.15, 0.2) is 70.1 Å². The number of carbonyl (C=O) groups excluding carboxylic acids is 1. The first-order valence-corrected chi connectivity index (χ1v) is 12.0. The van der Waals surface area contributed by atoms with Crippen molar-refractivity contribution in [2.45, 2.75) is 45.4 Å². The lowest BCUT2D eigenvalue weighted by Crippen LogP contribution is -2.33. The number of likely N-dealkylation sites (tertiary alicyclic amines) is 1. The number of amides is 1. The molecule has 1 unspecified atom stereocenters. The Kier molecular flexibility index (Phi) is 6.50. The third-order valence-corrected chi connectivity index (χ3v) is 6.92. The van der Waals surface area contributed by atoms with Crippen LogP contribution in [0, 0.1) is 0 Å². The van der Waals surface area contributed by atoms with E-state index >= 15 is 0 Å². The lowest BCUT2D eigenvalue weighted by Gasteiger charge is -2.34. The molecule has 6 heteroatoms. The molecule has 34 heavy (non-hydrogen) atoms. The van der Waals surface area contributed by atoms with Gasteiger partial charge in [0.1, 0.15) is 18.6 Å². The minimum Gasteiger partial charge on any atom is -0.482 e. The Labute approximate surface area is 199 Å². The molecule has 1 fully saturated rings. The summed E-state index contributed by atoms with van der Waals surface area (Å²) in [5.41, 5.74) is 4.12. The van der Waals surface area contributed by atoms with Crippen LogP contribution in [0.25, 0.3) is 0 Å². The van der Waals surface area contributed by atoms with Crippen LogP contribution in [0.1, 0.15) is 58.6 Å². The molecule has 1 atom stereocenters. The molecule has 0 spiro atoms. The second-order valence-corrected chi connectivity index (χ2v) is 9.16. The van der Waals surface area contributed by atoms with Crippen LogP contribution in [0.3, 0.4) is 0 Å². The molecule has 0 radical (unpaired) electrons. The van der Waals surface area contributed by atoms with Crippen molar-refractivity contribution < 1.29 is 13.9 Å². The van der Waals surface area contributed by atoms with Gasteiger partial charge in [0.25, 0.3) is 5.91 Å². The Bertz CT molecular complexity index is 1210. The van der Waals surface area contributed by atoms with Crippen molar-refractivity contribution in [2.24, 2.45) is 0 Å². The average Bonchev–Trinajstić information content (AvgIpc) is 3.40. The van der Waals surface area contributed by atoms with Gasteiger partial charge in [0.2, 0.25) is 11.2 Å². The van der Waals surface area contributed by atoms with Gasteiger partial charge in [0, 0.05) is 37.3 Å². The first-order valence-electron chi connectivity index (χ1n) is 12.0. The van der Waals surface area contributed by atoms with Crippen molar-refractivity contribution in [2.75, 3.05) is 19.6 Å². The normalized spacial score (nSPS) is 18.0. The zero-order valence-electron chi connectivity index (χ0n) is 19.5. The van der Waals surface area contributed by atoms with Crippen LogP contribution in [-0.4, -0.2) is 35.3 Å². The van der Waals surface area contributed by atoms with Gasteiger partial charge in [0.05, 0.1) is 6.54 Å². The van der Waals surface area contributed by atoms with Gasteiger partial charge in [0.15, 0.2) is 0 Å². The lowest BCUT2D eigenvalue weighted by atomic mass is 9.93. The highest BCUT2D eigenvalue weighted by atomic mass is 16.5. The number of carbonyl (C=O) groups is 1. The van der Waals surface area contributed by atoms with Crippen molar-refractivity contribution in [1.29, 1.82) is 0 Å². The third kappa shape index (κ3) is 4.77. The fourth-order valence-corrected chi connectivity index (χ4v) is 4.87. The highest BCUT2D eigenvalue weighted by Crippen LogP contribution is 2.30. The van der Waals surface area contributed by atoms with Crippen molar-refractivity contribution in [3.05, 3.63) is 99.1 Å². The summed E-state index contributed by atoms with van der Waals surface area (Å²) in [7, 11) is 0. The molecule has 0 aliphatic carbocycles. The summed E-state index contributed by atoms with van der Waals surface area (Å²) >= 11 is 0. The molecule has 1 aromatic heterocycles. The second kappa shape index (κ2) is 9.85. The molecule has 1 saturated heterocycles. The fourth-order valence-electron chi connectivity index (χ4n) is 4.87. The smallest absolute Gasteiger partial charge is 0.253 e. The maximum absolute atomic E-state index is 12.6. The van der Waals surface area contributed by atoms with Crippen LogP contribution < -0.4 is 10.2 Å². The maximum atomic E-state index is 12.6. The van der Waals surface area contributed by atoms with E-state index in [0.717, 1.165) is 44.5 Å². The van der Waals surface area contributed by atoms with E-state index in [1.807, 2.05) is 29.2 Å². The number of ether oxygens (including phenoxy) is 1. The molecule has 6 nitrogen and oxygen atoms in total. The molecular weight excluding hydrogens is 428 g/mol. The zero-order chi connectivity index (χ0) is 23.5. The van der Waals surface area contributed by atoms with Gasteiger partial charge in [-0.15, -0.1) is 0 Å². The van der Waals surface area contributed by atoms with E-state index < -0.39 is 0 Å². The van der Waals surface area contributed by atoms with E-state index in [-0.39, 0.29) is 29.7 Å². The lowest BCUT2D eigenvalue weighted by molar-refractivity contribution is 0.0793. The van der Waals surface area contributed by atoms with E-state index in [0.29, 0.717) is 17.9 Å². The predicted octanol–water partition coefficient (Wildman–Crippen LogP) is 4.57. The van der Waals surface area contributed by atoms with E-state index in [1.54, 1.807) is 0 Å². The van der Waals surface area contributed by atoms with Gasteiger partial charge in [-0.2, -0.15) is 0 Å². The predicted molar refractivity (Wildman–Crippen MR) is 130 cm³/mol. The molecule has 0 N–H and O–H groups in total. The van der Waals surface area contributed by atoms with Crippen molar-refractivity contribution in [1.82, 2.24) is 9.80 Å². The van der Waals surface area contributed by atoms with Crippen LogP contribution in [-0.2, 0) is 19.6 Å². The summed E-state index contributed by atoms with van der Waals surface area (Å²) in [5, 5.41) is 0. The molecular formula is C28H30N2O4. The number of hydrogen-bond acceptors (Lipinski definition) is 5. The molecule has 1 amide bonds. The Morgan fingerprint density at radius 2 is 1.82 bits per heavy atom. The molecule has 176 valence electrons. The molecule has 5 rings (SSSR count). The van der Waals surface area contributed by atoms with Gasteiger partial charge in [-0.3, -0.25) is 14.5 Å². The highest BCUT2D eigenvalue weighted by molar-refractivity contribution is 5.94. The first kappa shape index (κ1) is 22.4. The first-order chi connectivity index (χ1) is 16.6. The van der Waals surface area contributed by atoms with Crippen LogP contribution in [0.4, 0.5) is 0 Å². The molecule has 3 aromatic rings. The van der Waals surface area contributed by atoms with E-state index in [1.165, 1.54) is 23.5 Å². The minimum atomic E-state index is -0.188. The quantitative estimate of drug-likeness (QED) is 0.541. The largest absolute Gasteiger partial charge is 0.482 e. The SMILES string of the molecule is CC1c2ccccc2CCN1Cc1cc(=O)c(OCc2ccc(C(=O)N3CCCC3)cc2)co1. The monoisotopic (exact) mass is 458 g/mol. The maximum Gasteiger partial charge on any atom is 0.253 e. The number of benzene rings is 2. The van der Waals surface area contributed by atoms with E-state index in [4.69, 9.17) is 9.15 Å². The van der Waals surface area contributed by atoms with Gasteiger partial charge in [-0.05, 0) is 55.0 Å². The van der Waals surface area contributed by atoms with Gasteiger partial charge in [-0.25, -0.2) is 0 Å². The second-order valence-electron chi connectivity index (χ2n) is 9.16. The van der Waals surface area contributed by atoms with Gasteiger partial charge < -0.3 is 14.1 Å². The standard InChI is InChI=1S/C28H30N2O4/c1-20-25-7-3-2-6-22(25)12-15-30(20)17-24-16-26(31)27(19-33-24)34-18-21-8-10-23(11-9-21)28(32)29-13-4-5-14-29/h2-3,6-11,16,19-20H,4-5,12-15,17-18H2,1H3. The molecule has 2 aliphatic rings. The van der Waals surface area contributed by atoms with Crippen molar-refractivity contribution in [3.63, 3.8) is 0 Å². The van der Waals surface area contributed by atoms with Crippen LogP contribution in [0.5, 0.6) is 5.75 Å². The molecule has 3 heterocycles. The summed E-state index contributed by atoms with van der Waals surface area (Å²) in [6.07, 6.45) is 4.55. The van der Waals surface area contributed by atoms with Gasteiger partial charge >= 0.3 is 0 Å². The number of rotatable bonds is 6. The average molecular weight is 459 g/mol. The topological polar surface area (TPSA) is 63.0 Å². The summed E-state index contributed by atoms with van der Waals surface area (Å²) in [5.74, 6) is 0.902. The Balaban J connectivity index is 1.18. The van der Waals surface area contributed by atoms with E-state index in [2.05, 4.69) is 36.1 Å². The Morgan fingerprint density at radius 1 is 1.06 bits per heavy atom. The zero-order valence-corrected chi connectivity index (χ0v) is 19.5. The molecule has 0 saturated carbocycles. The number of hydrogen-bond donors (Lipinski definition) is 0. The summed E-state index contributed by atoms with van der Waals surface area (Å²) in [4.78, 5) is 29.3. The summed E-state index contributed by atoms with van der Waals surface area (Å²) in [6, 6.07) is 17.7. The summed E-state index contributed by atoms with van der Waals surface area (Å²) < 4.78 is 11.5. The Morgan fingerprint density at radius 3 is 2.59 bits per heavy atom. The van der Waals surface area contributed by atoms with Crippen molar-refractivity contribution >= 4 is 5.91 Å². The number of fused-ring (bicyclic) bond motifs is 1. The van der Waals surface area contributed by atoms with Crippen LogP contribution in [0.2, 0.25) is 0 Å². The highest BCUT2D eigenvalue weighted by Gasteiger charge is 2.24. The summed E-state index contributed by atoms with van der Waals surface area (Å²) in [6.45, 7) is 5.60. The molecule has 2 aliphatic heterocycles. The van der Waals surface area contributed by atoms with E-state index in [9.17, 15) is 9.59 Å². The van der Waals surface area contributed by atoms with Crippen LogP contribution >= 0.6 is 0 Å². The minimum absolute atomic E-state index is 0.0766. The fraction of sp³-hybridized carbons (Fsp3) is 0.357. The third-order valence-electron chi connectivity index (χ3n) is 6.92. The number of nitrogens with zero attached hydrogens (tertiary/aromatic N) is 2. The molecule has 0 bridgehead atoms. The van der Waals surface area contributed by atoms with Gasteiger partial charge in [-0.1, -0.05) is 36.4 Å². The van der Waals surface area contributed by atoms with Crippen molar-refractivity contribution in [3.8, 4) is 5.75 Å². The Hall–Kier alpha value is -3.38.